The summed E-state index contributed by atoms with van der Waals surface area (Å²) >= 11 is 12.1. The molecule has 0 bridgehead atoms. The van der Waals surface area contributed by atoms with E-state index in [-0.39, 0.29) is 6.04 Å². The topological polar surface area (TPSA) is 76.1 Å². The third-order valence-corrected chi connectivity index (χ3v) is 3.54. The van der Waals surface area contributed by atoms with Crippen LogP contribution >= 0.6 is 23.2 Å². The first kappa shape index (κ1) is 15.0. The van der Waals surface area contributed by atoms with E-state index in [0.29, 0.717) is 21.7 Å². The van der Waals surface area contributed by atoms with Gasteiger partial charge in [-0.25, -0.2) is 10.8 Å². The fourth-order valence-electron chi connectivity index (χ4n) is 2.03. The Morgan fingerprint density at radius 1 is 1.20 bits per heavy atom. The molecule has 108 valence electrons. The number of nitrogens with zero attached hydrogens (tertiary/aromatic N) is 1. The van der Waals surface area contributed by atoms with Gasteiger partial charge in [-0.3, -0.25) is 0 Å². The second-order valence-electron chi connectivity index (χ2n) is 4.53. The van der Waals surface area contributed by atoms with Crippen molar-refractivity contribution in [1.29, 1.82) is 0 Å². The highest BCUT2D eigenvalue weighted by Gasteiger charge is 2.16. The van der Waals surface area contributed by atoms with Crippen molar-refractivity contribution >= 4 is 34.8 Å². The third-order valence-electron chi connectivity index (χ3n) is 2.97. The first-order chi connectivity index (χ1) is 9.42. The van der Waals surface area contributed by atoms with Gasteiger partial charge in [0.05, 0.1) is 16.1 Å². The molecular formula is C13H16Cl2N4O. The van der Waals surface area contributed by atoms with Crippen LogP contribution in [0.5, 0.6) is 0 Å². The van der Waals surface area contributed by atoms with E-state index in [1.54, 1.807) is 6.07 Å². The predicted molar refractivity (Wildman–Crippen MR) is 82.3 cm³/mol. The van der Waals surface area contributed by atoms with Gasteiger partial charge in [-0.2, -0.15) is 0 Å². The van der Waals surface area contributed by atoms with Gasteiger partial charge in [0.25, 0.3) is 0 Å². The number of aromatic nitrogens is 1. The maximum atomic E-state index is 6.13. The molecule has 0 saturated carbocycles. The maximum Gasteiger partial charge on any atom is 0.161 e. The van der Waals surface area contributed by atoms with Gasteiger partial charge in [-0.15, -0.1) is 0 Å². The summed E-state index contributed by atoms with van der Waals surface area (Å²) in [6.07, 6.45) is 0. The Kier molecular flexibility index (Phi) is 4.42. The number of halogens is 2. The largest absolute Gasteiger partial charge is 0.466 e. The minimum Gasteiger partial charge on any atom is -0.466 e. The van der Waals surface area contributed by atoms with Gasteiger partial charge in [-0.1, -0.05) is 23.2 Å². The lowest BCUT2D eigenvalue weighted by Crippen LogP contribution is -2.13. The molecule has 0 aliphatic carbocycles. The van der Waals surface area contributed by atoms with Gasteiger partial charge in [-0.05, 0) is 32.9 Å². The predicted octanol–water partition coefficient (Wildman–Crippen LogP) is 4.06. The molecule has 0 spiro atoms. The zero-order valence-electron chi connectivity index (χ0n) is 11.4. The van der Waals surface area contributed by atoms with Crippen molar-refractivity contribution in [2.24, 2.45) is 5.84 Å². The number of hydrogen-bond acceptors (Lipinski definition) is 5. The molecule has 5 nitrogen and oxygen atoms in total. The summed E-state index contributed by atoms with van der Waals surface area (Å²) in [6.45, 7) is 5.83. The monoisotopic (exact) mass is 314 g/mol. The molecule has 0 fully saturated rings. The number of pyridine rings is 1. The molecule has 0 aliphatic rings. The van der Waals surface area contributed by atoms with E-state index in [0.717, 1.165) is 17.1 Å². The van der Waals surface area contributed by atoms with Crippen LogP contribution in [0.2, 0.25) is 10.0 Å². The average Bonchev–Trinajstić information content (AvgIpc) is 2.71. The summed E-state index contributed by atoms with van der Waals surface area (Å²) in [5.74, 6) is 7.96. The van der Waals surface area contributed by atoms with Crippen molar-refractivity contribution in [1.82, 2.24) is 4.98 Å². The van der Waals surface area contributed by atoms with Crippen LogP contribution in [0.1, 0.15) is 30.0 Å². The number of aryl methyl sites for hydroxylation is 2. The lowest BCUT2D eigenvalue weighted by Gasteiger charge is -2.16. The molecule has 20 heavy (non-hydrogen) atoms. The molecule has 0 saturated heterocycles. The number of hydrazine groups is 1. The zero-order valence-corrected chi connectivity index (χ0v) is 12.9. The van der Waals surface area contributed by atoms with E-state index >= 15 is 0 Å². The zero-order chi connectivity index (χ0) is 14.9. The van der Waals surface area contributed by atoms with Gasteiger partial charge in [0, 0.05) is 5.56 Å². The van der Waals surface area contributed by atoms with Crippen molar-refractivity contribution in [3.8, 4) is 0 Å². The molecule has 1 unspecified atom stereocenters. The van der Waals surface area contributed by atoms with Crippen LogP contribution in [0.25, 0.3) is 0 Å². The Labute approximate surface area is 127 Å². The van der Waals surface area contributed by atoms with Crippen LogP contribution in [-0.2, 0) is 0 Å². The first-order valence-electron chi connectivity index (χ1n) is 6.08. The van der Waals surface area contributed by atoms with Crippen molar-refractivity contribution in [2.75, 3.05) is 10.7 Å². The fraction of sp³-hybridized carbons (Fsp3) is 0.308. The molecule has 0 amide bonds. The number of nitrogen functional groups attached to an aromatic ring is 1. The number of rotatable bonds is 4. The van der Waals surface area contributed by atoms with Crippen molar-refractivity contribution < 1.29 is 4.42 Å². The summed E-state index contributed by atoms with van der Waals surface area (Å²) in [4.78, 5) is 4.25. The van der Waals surface area contributed by atoms with Crippen molar-refractivity contribution in [2.45, 2.75) is 26.8 Å². The van der Waals surface area contributed by atoms with Crippen LogP contribution in [0, 0.1) is 13.8 Å². The van der Waals surface area contributed by atoms with E-state index in [9.17, 15) is 0 Å². The second-order valence-corrected chi connectivity index (χ2v) is 5.34. The number of anilines is 2. The normalized spacial score (nSPS) is 12.3. The second kappa shape index (κ2) is 5.91. The summed E-state index contributed by atoms with van der Waals surface area (Å²) in [7, 11) is 0. The summed E-state index contributed by atoms with van der Waals surface area (Å²) in [6, 6.07) is 3.57. The Morgan fingerprint density at radius 2 is 1.85 bits per heavy atom. The molecule has 2 aromatic heterocycles. The minimum atomic E-state index is -0.00995. The van der Waals surface area contributed by atoms with Crippen molar-refractivity contribution in [3.63, 3.8) is 0 Å². The molecule has 2 heterocycles. The number of nitrogens with two attached hydrogens (primary N) is 1. The first-order valence-corrected chi connectivity index (χ1v) is 6.84. The van der Waals surface area contributed by atoms with Crippen LogP contribution in [0.3, 0.4) is 0 Å². The van der Waals surface area contributed by atoms with E-state index in [1.165, 1.54) is 0 Å². The quantitative estimate of drug-likeness (QED) is 0.586. The van der Waals surface area contributed by atoms with Gasteiger partial charge in [0.1, 0.15) is 17.3 Å². The Balaban J connectivity index is 2.27. The lowest BCUT2D eigenvalue weighted by atomic mass is 10.1. The molecule has 0 aliphatic heterocycles. The molecule has 0 aromatic carbocycles. The molecule has 2 rings (SSSR count). The van der Waals surface area contributed by atoms with Crippen LogP contribution in [0.15, 0.2) is 16.5 Å². The highest BCUT2D eigenvalue weighted by molar-refractivity contribution is 6.37. The van der Waals surface area contributed by atoms with Gasteiger partial charge >= 0.3 is 0 Å². The maximum absolute atomic E-state index is 6.13. The van der Waals surface area contributed by atoms with Gasteiger partial charge < -0.3 is 15.2 Å². The summed E-state index contributed by atoms with van der Waals surface area (Å²) < 4.78 is 5.52. The van der Waals surface area contributed by atoms with Gasteiger partial charge in [0.2, 0.25) is 0 Å². The van der Waals surface area contributed by atoms with E-state index in [2.05, 4.69) is 15.7 Å². The molecule has 0 radical (unpaired) electrons. The Morgan fingerprint density at radius 3 is 2.40 bits per heavy atom. The van der Waals surface area contributed by atoms with E-state index in [4.69, 9.17) is 33.5 Å². The Bertz CT molecular complexity index is 627. The summed E-state index contributed by atoms with van der Waals surface area (Å²) in [5, 5.41) is 4.02. The minimum absolute atomic E-state index is 0.00995. The molecule has 4 N–H and O–H groups in total. The summed E-state index contributed by atoms with van der Waals surface area (Å²) in [5.41, 5.74) is 3.48. The lowest BCUT2D eigenvalue weighted by molar-refractivity contribution is 0.500. The Hall–Kier alpha value is -1.43. The van der Waals surface area contributed by atoms with Crippen LogP contribution < -0.4 is 16.6 Å². The number of hydrogen-bond donors (Lipinski definition) is 3. The number of nitrogens with one attached hydrogen (secondary N) is 2. The van der Waals surface area contributed by atoms with Crippen LogP contribution in [-0.4, -0.2) is 4.98 Å². The third kappa shape index (κ3) is 3.00. The SMILES string of the molecule is Cc1cc(C(C)Nc2nc(NN)c(Cl)cc2Cl)c(C)o1. The van der Waals surface area contributed by atoms with Gasteiger partial charge in [0.15, 0.2) is 5.82 Å². The smallest absolute Gasteiger partial charge is 0.161 e. The van der Waals surface area contributed by atoms with E-state index < -0.39 is 0 Å². The van der Waals surface area contributed by atoms with Crippen LogP contribution in [0.4, 0.5) is 11.6 Å². The standard InChI is InChI=1S/C13H16Cl2N4O/c1-6-4-9(8(3)20-6)7(2)17-12-10(14)5-11(15)13(18-12)19-16/h4-5,7H,16H2,1-3H3,(H2,17,18,19). The molecule has 7 heteroatoms. The average molecular weight is 315 g/mol. The highest BCUT2D eigenvalue weighted by atomic mass is 35.5. The van der Waals surface area contributed by atoms with Crippen molar-refractivity contribution in [3.05, 3.63) is 39.3 Å². The molecule has 2 aromatic rings. The van der Waals surface area contributed by atoms with E-state index in [1.807, 2.05) is 26.8 Å². The fourth-order valence-corrected chi connectivity index (χ4v) is 2.50. The number of furan rings is 1. The highest BCUT2D eigenvalue weighted by Crippen LogP contribution is 2.32. The molecular weight excluding hydrogens is 299 g/mol. The molecule has 1 atom stereocenters.